The number of ether oxygens (including phenoxy) is 1. The van der Waals surface area contributed by atoms with E-state index in [0.717, 1.165) is 50.3 Å². The van der Waals surface area contributed by atoms with Crippen LogP contribution < -0.4 is 5.32 Å². The molecular formula is C15H20N2O2. The second kappa shape index (κ2) is 5.61. The van der Waals surface area contributed by atoms with Crippen LogP contribution in [0, 0.1) is 0 Å². The van der Waals surface area contributed by atoms with Crippen LogP contribution in [-0.4, -0.2) is 43.7 Å². The largest absolute Gasteiger partial charge is 0.385 e. The van der Waals surface area contributed by atoms with Gasteiger partial charge >= 0.3 is 0 Å². The number of nitrogens with one attached hydrogen (secondary N) is 1. The Morgan fingerprint density at radius 2 is 2.16 bits per heavy atom. The van der Waals surface area contributed by atoms with Crippen molar-refractivity contribution in [3.05, 3.63) is 29.8 Å². The van der Waals surface area contributed by atoms with Crippen molar-refractivity contribution < 1.29 is 9.53 Å². The Hall–Kier alpha value is -1.55. The summed E-state index contributed by atoms with van der Waals surface area (Å²) in [6, 6.07) is 8.15. The maximum atomic E-state index is 12.7. The molecule has 102 valence electrons. The minimum Gasteiger partial charge on any atom is -0.385 e. The standard InChI is InChI=1S/C15H20N2O2/c18-15(17-8-3-10-19-11-9-17)13-6-7-16-14-5-2-1-4-12(13)14/h1-2,4-5,13,16H,3,6-11H2. The van der Waals surface area contributed by atoms with Gasteiger partial charge in [-0.15, -0.1) is 0 Å². The van der Waals surface area contributed by atoms with E-state index < -0.39 is 0 Å². The predicted octanol–water partition coefficient (Wildman–Crippen LogP) is 1.83. The molecular weight excluding hydrogens is 240 g/mol. The number of rotatable bonds is 1. The summed E-state index contributed by atoms with van der Waals surface area (Å²) in [7, 11) is 0. The summed E-state index contributed by atoms with van der Waals surface area (Å²) in [5, 5.41) is 3.37. The van der Waals surface area contributed by atoms with Gasteiger partial charge in [-0.1, -0.05) is 18.2 Å². The summed E-state index contributed by atoms with van der Waals surface area (Å²) < 4.78 is 5.43. The van der Waals surface area contributed by atoms with Gasteiger partial charge in [-0.25, -0.2) is 0 Å². The first kappa shape index (κ1) is 12.5. The van der Waals surface area contributed by atoms with Crippen molar-refractivity contribution in [2.75, 3.05) is 38.2 Å². The van der Waals surface area contributed by atoms with Gasteiger partial charge in [0.1, 0.15) is 0 Å². The zero-order valence-corrected chi connectivity index (χ0v) is 11.1. The maximum Gasteiger partial charge on any atom is 0.230 e. The molecule has 4 nitrogen and oxygen atoms in total. The lowest BCUT2D eigenvalue weighted by molar-refractivity contribution is -0.133. The summed E-state index contributed by atoms with van der Waals surface area (Å²) >= 11 is 0. The monoisotopic (exact) mass is 260 g/mol. The van der Waals surface area contributed by atoms with Gasteiger partial charge in [0.05, 0.1) is 12.5 Å². The smallest absolute Gasteiger partial charge is 0.230 e. The molecule has 1 atom stereocenters. The summed E-state index contributed by atoms with van der Waals surface area (Å²) in [6.07, 6.45) is 1.82. The first-order valence-electron chi connectivity index (χ1n) is 7.05. The third kappa shape index (κ3) is 2.59. The molecule has 1 aromatic carbocycles. The molecule has 1 amide bonds. The number of benzene rings is 1. The topological polar surface area (TPSA) is 41.6 Å². The zero-order chi connectivity index (χ0) is 13.1. The van der Waals surface area contributed by atoms with Crippen LogP contribution in [0.25, 0.3) is 0 Å². The molecule has 0 spiro atoms. The Labute approximate surface area is 113 Å². The molecule has 0 radical (unpaired) electrons. The molecule has 2 aliphatic rings. The van der Waals surface area contributed by atoms with Crippen molar-refractivity contribution in [3.8, 4) is 0 Å². The summed E-state index contributed by atoms with van der Waals surface area (Å²) in [4.78, 5) is 14.7. The molecule has 1 unspecified atom stereocenters. The van der Waals surface area contributed by atoms with E-state index in [0.29, 0.717) is 6.61 Å². The SMILES string of the molecule is O=C(C1CCNc2ccccc21)N1CCCOCC1. The third-order valence-corrected chi connectivity index (χ3v) is 3.92. The van der Waals surface area contributed by atoms with Crippen molar-refractivity contribution >= 4 is 11.6 Å². The fraction of sp³-hybridized carbons (Fsp3) is 0.533. The van der Waals surface area contributed by atoms with E-state index in [-0.39, 0.29) is 11.8 Å². The second-order valence-corrected chi connectivity index (χ2v) is 5.15. The first-order chi connectivity index (χ1) is 9.36. The van der Waals surface area contributed by atoms with E-state index in [1.54, 1.807) is 0 Å². The molecule has 1 N–H and O–H groups in total. The molecule has 0 saturated carbocycles. The van der Waals surface area contributed by atoms with Crippen molar-refractivity contribution in [3.63, 3.8) is 0 Å². The number of hydrogen-bond acceptors (Lipinski definition) is 3. The van der Waals surface area contributed by atoms with E-state index in [9.17, 15) is 4.79 Å². The Morgan fingerprint density at radius 3 is 3.11 bits per heavy atom. The number of para-hydroxylation sites is 1. The number of amides is 1. The van der Waals surface area contributed by atoms with Crippen LogP contribution in [-0.2, 0) is 9.53 Å². The lowest BCUT2D eigenvalue weighted by Crippen LogP contribution is -2.38. The molecule has 0 aromatic heterocycles. The van der Waals surface area contributed by atoms with Crippen molar-refractivity contribution in [2.24, 2.45) is 0 Å². The van der Waals surface area contributed by atoms with Crippen LogP contribution in [0.3, 0.4) is 0 Å². The van der Waals surface area contributed by atoms with E-state index in [1.807, 2.05) is 17.0 Å². The Morgan fingerprint density at radius 1 is 1.26 bits per heavy atom. The fourth-order valence-electron chi connectivity index (χ4n) is 2.91. The lowest BCUT2D eigenvalue weighted by atomic mass is 9.89. The first-order valence-corrected chi connectivity index (χ1v) is 7.05. The Balaban J connectivity index is 1.80. The van der Waals surface area contributed by atoms with Crippen molar-refractivity contribution in [2.45, 2.75) is 18.8 Å². The van der Waals surface area contributed by atoms with Crippen molar-refractivity contribution in [1.82, 2.24) is 4.90 Å². The highest BCUT2D eigenvalue weighted by Gasteiger charge is 2.29. The summed E-state index contributed by atoms with van der Waals surface area (Å²) in [5.41, 5.74) is 2.25. The van der Waals surface area contributed by atoms with Crippen LogP contribution in [0.15, 0.2) is 24.3 Å². The molecule has 2 heterocycles. The quantitative estimate of drug-likeness (QED) is 0.837. The van der Waals surface area contributed by atoms with Crippen LogP contribution in [0.5, 0.6) is 0 Å². The van der Waals surface area contributed by atoms with Crippen LogP contribution in [0.2, 0.25) is 0 Å². The normalized spacial score (nSPS) is 23.2. The average Bonchev–Trinajstić information content (AvgIpc) is 2.75. The van der Waals surface area contributed by atoms with Gasteiger partial charge in [-0.3, -0.25) is 4.79 Å². The maximum absolute atomic E-state index is 12.7. The van der Waals surface area contributed by atoms with Crippen LogP contribution >= 0.6 is 0 Å². The van der Waals surface area contributed by atoms with Gasteiger partial charge in [-0.2, -0.15) is 0 Å². The predicted molar refractivity (Wildman–Crippen MR) is 74.3 cm³/mol. The average molecular weight is 260 g/mol. The summed E-state index contributed by atoms with van der Waals surface area (Å²) in [6.45, 7) is 3.86. The molecule has 3 rings (SSSR count). The number of fused-ring (bicyclic) bond motifs is 1. The van der Waals surface area contributed by atoms with Crippen molar-refractivity contribution in [1.29, 1.82) is 0 Å². The lowest BCUT2D eigenvalue weighted by Gasteiger charge is -2.30. The second-order valence-electron chi connectivity index (χ2n) is 5.15. The van der Waals surface area contributed by atoms with E-state index in [4.69, 9.17) is 4.74 Å². The van der Waals surface area contributed by atoms with Gasteiger partial charge in [0.25, 0.3) is 0 Å². The Kier molecular flexibility index (Phi) is 3.69. The Bertz CT molecular complexity index is 453. The van der Waals surface area contributed by atoms with Gasteiger partial charge in [0.15, 0.2) is 0 Å². The third-order valence-electron chi connectivity index (χ3n) is 3.92. The van der Waals surface area contributed by atoms with Crippen LogP contribution in [0.1, 0.15) is 24.3 Å². The highest BCUT2D eigenvalue weighted by Crippen LogP contribution is 2.32. The molecule has 0 aliphatic carbocycles. The van der Waals surface area contributed by atoms with Gasteiger partial charge in [0, 0.05) is 31.9 Å². The molecule has 1 fully saturated rings. The minimum atomic E-state index is 0.00977. The molecule has 19 heavy (non-hydrogen) atoms. The molecule has 1 saturated heterocycles. The highest BCUT2D eigenvalue weighted by atomic mass is 16.5. The van der Waals surface area contributed by atoms with Gasteiger partial charge in [-0.05, 0) is 24.5 Å². The zero-order valence-electron chi connectivity index (χ0n) is 11.1. The number of carbonyl (C=O) groups excluding carboxylic acids is 1. The number of carbonyl (C=O) groups is 1. The molecule has 2 aliphatic heterocycles. The van der Waals surface area contributed by atoms with Gasteiger partial charge in [0.2, 0.25) is 5.91 Å². The highest BCUT2D eigenvalue weighted by molar-refractivity contribution is 5.86. The number of anilines is 1. The number of nitrogens with zero attached hydrogens (tertiary/aromatic N) is 1. The summed E-state index contributed by atoms with van der Waals surface area (Å²) in [5.74, 6) is 0.273. The fourth-order valence-corrected chi connectivity index (χ4v) is 2.91. The van der Waals surface area contributed by atoms with Crippen LogP contribution in [0.4, 0.5) is 5.69 Å². The van der Waals surface area contributed by atoms with E-state index in [2.05, 4.69) is 17.4 Å². The molecule has 0 bridgehead atoms. The van der Waals surface area contributed by atoms with Gasteiger partial charge < -0.3 is 15.0 Å². The molecule has 4 heteroatoms. The van der Waals surface area contributed by atoms with E-state index >= 15 is 0 Å². The molecule has 1 aromatic rings. The number of hydrogen-bond donors (Lipinski definition) is 1. The minimum absolute atomic E-state index is 0.00977. The van der Waals surface area contributed by atoms with E-state index in [1.165, 1.54) is 0 Å².